The molecular weight excluding hydrogens is 218 g/mol. The van der Waals surface area contributed by atoms with Gasteiger partial charge in [-0.05, 0) is 0 Å². The second-order valence-corrected chi connectivity index (χ2v) is 4.35. The molecule has 0 aliphatic heterocycles. The monoisotopic (exact) mass is 231 g/mol. The summed E-state index contributed by atoms with van der Waals surface area (Å²) in [6, 6.07) is 10.1. The van der Waals surface area contributed by atoms with Crippen molar-refractivity contribution in [2.45, 2.75) is 6.54 Å². The van der Waals surface area contributed by atoms with Crippen LogP contribution in [0.3, 0.4) is 0 Å². The summed E-state index contributed by atoms with van der Waals surface area (Å²) in [5.41, 5.74) is 1.12. The lowest BCUT2D eigenvalue weighted by atomic mass is 10.2. The minimum Gasteiger partial charge on any atom is -0.307 e. The molecule has 3 nitrogen and oxygen atoms in total. The van der Waals surface area contributed by atoms with Gasteiger partial charge < -0.3 is 5.32 Å². The maximum absolute atomic E-state index is 4.17. The Kier molecular flexibility index (Phi) is 3.80. The number of nitrogens with one attached hydrogen (secondary N) is 1. The first kappa shape index (κ1) is 11.0. The molecule has 0 atom stereocenters. The predicted molar refractivity (Wildman–Crippen MR) is 67.2 cm³/mol. The molecule has 82 valence electrons. The van der Waals surface area contributed by atoms with Gasteiger partial charge in [-0.2, -0.15) is 0 Å². The second kappa shape index (κ2) is 5.53. The Balaban J connectivity index is 2.05. The van der Waals surface area contributed by atoms with E-state index in [9.17, 15) is 0 Å². The highest BCUT2D eigenvalue weighted by Crippen LogP contribution is 2.22. The van der Waals surface area contributed by atoms with E-state index in [2.05, 4.69) is 22.1 Å². The topological polar surface area (TPSA) is 37.8 Å². The van der Waals surface area contributed by atoms with Crippen LogP contribution < -0.4 is 5.32 Å². The Morgan fingerprint density at radius 2 is 2.06 bits per heavy atom. The fourth-order valence-electron chi connectivity index (χ4n) is 1.30. The average Bonchev–Trinajstić information content (AvgIpc) is 2.79. The zero-order chi connectivity index (χ0) is 11.2. The van der Waals surface area contributed by atoms with Gasteiger partial charge in [0.2, 0.25) is 0 Å². The normalized spacial score (nSPS) is 10.2. The average molecular weight is 231 g/mol. The summed E-state index contributed by atoms with van der Waals surface area (Å²) >= 11 is 1.62. The zero-order valence-corrected chi connectivity index (χ0v) is 9.70. The molecule has 0 aliphatic rings. The number of rotatable bonds is 5. The van der Waals surface area contributed by atoms with Crippen molar-refractivity contribution >= 4 is 11.3 Å². The van der Waals surface area contributed by atoms with Gasteiger partial charge in [-0.1, -0.05) is 47.7 Å². The summed E-state index contributed by atoms with van der Waals surface area (Å²) in [5.74, 6) is 0. The maximum Gasteiger partial charge on any atom is 0.147 e. The van der Waals surface area contributed by atoms with E-state index in [1.54, 1.807) is 11.3 Å². The number of benzene rings is 1. The fourth-order valence-corrected chi connectivity index (χ4v) is 2.12. The second-order valence-electron chi connectivity index (χ2n) is 3.29. The first-order valence-corrected chi connectivity index (χ1v) is 5.91. The lowest BCUT2D eigenvalue weighted by molar-refractivity contribution is 0.745. The smallest absolute Gasteiger partial charge is 0.147 e. The molecule has 2 rings (SSSR count). The van der Waals surface area contributed by atoms with Crippen molar-refractivity contribution in [1.29, 1.82) is 0 Å². The SMILES string of the molecule is C=CCNCc1nnc(-c2ccccc2)s1. The van der Waals surface area contributed by atoms with Crippen LogP contribution in [0.25, 0.3) is 10.6 Å². The molecule has 0 bridgehead atoms. The van der Waals surface area contributed by atoms with Gasteiger partial charge in [0.25, 0.3) is 0 Å². The van der Waals surface area contributed by atoms with Crippen molar-refractivity contribution in [3.8, 4) is 10.6 Å². The van der Waals surface area contributed by atoms with Crippen molar-refractivity contribution < 1.29 is 0 Å². The molecule has 0 unspecified atom stereocenters. The Hall–Kier alpha value is -1.52. The summed E-state index contributed by atoms with van der Waals surface area (Å²) in [5, 5.41) is 13.5. The lowest BCUT2D eigenvalue weighted by Crippen LogP contribution is -2.12. The number of aromatic nitrogens is 2. The summed E-state index contributed by atoms with van der Waals surface area (Å²) in [6.45, 7) is 5.19. The summed E-state index contributed by atoms with van der Waals surface area (Å²) < 4.78 is 0. The minimum atomic E-state index is 0.747. The van der Waals surface area contributed by atoms with Crippen LogP contribution in [0.2, 0.25) is 0 Å². The Morgan fingerprint density at radius 1 is 1.25 bits per heavy atom. The van der Waals surface area contributed by atoms with Gasteiger partial charge in [0.15, 0.2) is 0 Å². The van der Waals surface area contributed by atoms with Gasteiger partial charge in [0.05, 0.1) is 0 Å². The first-order chi connectivity index (χ1) is 7.90. The van der Waals surface area contributed by atoms with Crippen molar-refractivity contribution in [2.75, 3.05) is 6.54 Å². The van der Waals surface area contributed by atoms with Crippen LogP contribution in [-0.4, -0.2) is 16.7 Å². The predicted octanol–water partition coefficient (Wildman–Crippen LogP) is 2.48. The molecule has 1 aromatic heterocycles. The highest BCUT2D eigenvalue weighted by Gasteiger charge is 2.04. The van der Waals surface area contributed by atoms with Crippen LogP contribution in [0.5, 0.6) is 0 Å². The van der Waals surface area contributed by atoms with Gasteiger partial charge in [0.1, 0.15) is 10.0 Å². The third kappa shape index (κ3) is 2.74. The third-order valence-corrected chi connectivity index (χ3v) is 3.02. The molecule has 1 aromatic carbocycles. The van der Waals surface area contributed by atoms with Gasteiger partial charge >= 0.3 is 0 Å². The highest BCUT2D eigenvalue weighted by molar-refractivity contribution is 7.14. The van der Waals surface area contributed by atoms with Crippen LogP contribution in [-0.2, 0) is 6.54 Å². The highest BCUT2D eigenvalue weighted by atomic mass is 32.1. The van der Waals surface area contributed by atoms with Crippen LogP contribution in [0.15, 0.2) is 43.0 Å². The molecular formula is C12H13N3S. The molecule has 0 spiro atoms. The van der Waals surface area contributed by atoms with Crippen LogP contribution in [0, 0.1) is 0 Å². The molecule has 0 fully saturated rings. The Morgan fingerprint density at radius 3 is 2.81 bits per heavy atom. The summed E-state index contributed by atoms with van der Waals surface area (Å²) in [6.07, 6.45) is 1.83. The Bertz CT molecular complexity index is 450. The van der Waals surface area contributed by atoms with Crippen molar-refractivity contribution in [1.82, 2.24) is 15.5 Å². The number of nitrogens with zero attached hydrogens (tertiary/aromatic N) is 2. The van der Waals surface area contributed by atoms with E-state index in [4.69, 9.17) is 0 Å². The van der Waals surface area contributed by atoms with E-state index in [1.807, 2.05) is 36.4 Å². The molecule has 0 saturated carbocycles. The largest absolute Gasteiger partial charge is 0.307 e. The molecule has 0 saturated heterocycles. The van der Waals surface area contributed by atoms with Gasteiger partial charge in [-0.3, -0.25) is 0 Å². The van der Waals surface area contributed by atoms with E-state index in [1.165, 1.54) is 0 Å². The van der Waals surface area contributed by atoms with Crippen molar-refractivity contribution in [3.05, 3.63) is 48.0 Å². The van der Waals surface area contributed by atoms with Crippen LogP contribution >= 0.6 is 11.3 Å². The van der Waals surface area contributed by atoms with Crippen LogP contribution in [0.1, 0.15) is 5.01 Å². The molecule has 1 N–H and O–H groups in total. The molecule has 2 aromatic rings. The molecule has 0 aliphatic carbocycles. The molecule has 0 radical (unpaired) electrons. The van der Waals surface area contributed by atoms with E-state index < -0.39 is 0 Å². The summed E-state index contributed by atoms with van der Waals surface area (Å²) in [4.78, 5) is 0. The van der Waals surface area contributed by atoms with E-state index in [-0.39, 0.29) is 0 Å². The first-order valence-electron chi connectivity index (χ1n) is 5.09. The number of hydrogen-bond donors (Lipinski definition) is 1. The van der Waals surface area contributed by atoms with E-state index >= 15 is 0 Å². The quantitative estimate of drug-likeness (QED) is 0.634. The lowest BCUT2D eigenvalue weighted by Gasteiger charge is -1.94. The zero-order valence-electron chi connectivity index (χ0n) is 8.89. The number of hydrogen-bond acceptors (Lipinski definition) is 4. The van der Waals surface area contributed by atoms with Gasteiger partial charge in [-0.15, -0.1) is 16.8 Å². The van der Waals surface area contributed by atoms with Crippen molar-refractivity contribution in [2.24, 2.45) is 0 Å². The van der Waals surface area contributed by atoms with Crippen LogP contribution in [0.4, 0.5) is 0 Å². The third-order valence-electron chi connectivity index (χ3n) is 2.05. The fraction of sp³-hybridized carbons (Fsp3) is 0.167. The molecule has 0 amide bonds. The van der Waals surface area contributed by atoms with E-state index in [0.29, 0.717) is 0 Å². The van der Waals surface area contributed by atoms with Crippen molar-refractivity contribution in [3.63, 3.8) is 0 Å². The van der Waals surface area contributed by atoms with Gasteiger partial charge in [0, 0.05) is 18.7 Å². The molecule has 1 heterocycles. The maximum atomic E-state index is 4.17. The molecule has 4 heteroatoms. The van der Waals surface area contributed by atoms with Gasteiger partial charge in [-0.25, -0.2) is 0 Å². The standard InChI is InChI=1S/C12H13N3S/c1-2-8-13-9-11-14-15-12(16-11)10-6-4-3-5-7-10/h2-7,13H,1,8-9H2. The Labute approximate surface area is 98.9 Å². The minimum absolute atomic E-state index is 0.747. The molecule has 16 heavy (non-hydrogen) atoms. The van der Waals surface area contributed by atoms with E-state index in [0.717, 1.165) is 28.7 Å². The summed E-state index contributed by atoms with van der Waals surface area (Å²) in [7, 11) is 0.